The molecule has 108 valence electrons. The van der Waals surface area contributed by atoms with Gasteiger partial charge in [-0.1, -0.05) is 12.1 Å². The lowest BCUT2D eigenvalue weighted by Gasteiger charge is -2.17. The van der Waals surface area contributed by atoms with Crippen LogP contribution in [0.25, 0.3) is 0 Å². The van der Waals surface area contributed by atoms with Crippen LogP contribution < -0.4 is 10.2 Å². The van der Waals surface area contributed by atoms with Gasteiger partial charge in [-0.25, -0.2) is 0 Å². The van der Waals surface area contributed by atoms with Gasteiger partial charge < -0.3 is 15.3 Å². The summed E-state index contributed by atoms with van der Waals surface area (Å²) in [6, 6.07) is 14.4. The van der Waals surface area contributed by atoms with Gasteiger partial charge in [0.1, 0.15) is 5.75 Å². The van der Waals surface area contributed by atoms with Crippen molar-refractivity contribution in [3.8, 4) is 5.75 Å². The van der Waals surface area contributed by atoms with Crippen LogP contribution in [0.2, 0.25) is 0 Å². The van der Waals surface area contributed by atoms with Gasteiger partial charge in [0.25, 0.3) is 5.91 Å². The Labute approximate surface area is 124 Å². The highest BCUT2D eigenvalue weighted by Crippen LogP contribution is 2.23. The molecule has 1 amide bonds. The van der Waals surface area contributed by atoms with E-state index in [0.29, 0.717) is 0 Å². The van der Waals surface area contributed by atoms with Crippen LogP contribution in [0.4, 0.5) is 11.4 Å². The maximum absolute atomic E-state index is 12.1. The minimum Gasteiger partial charge on any atom is -0.507 e. The standard InChI is InChI=1S/C17H18N2O2/c20-16-6-2-1-5-15(16)17(21)18-13-7-9-14(10-8-13)19-11-3-4-12-19/h1-2,5-10,20H,3-4,11-12H2,(H,18,21). The van der Waals surface area contributed by atoms with Crippen molar-refractivity contribution in [2.45, 2.75) is 12.8 Å². The number of carbonyl (C=O) groups is 1. The Bertz CT molecular complexity index is 631. The molecular formula is C17H18N2O2. The summed E-state index contributed by atoms with van der Waals surface area (Å²) in [7, 11) is 0. The molecule has 2 aromatic carbocycles. The molecule has 0 aromatic heterocycles. The number of phenolic OH excluding ortho intramolecular Hbond substituents is 1. The van der Waals surface area contributed by atoms with E-state index in [0.717, 1.165) is 18.8 Å². The molecule has 0 unspecified atom stereocenters. The van der Waals surface area contributed by atoms with Gasteiger partial charge in [0.2, 0.25) is 0 Å². The summed E-state index contributed by atoms with van der Waals surface area (Å²) in [6.45, 7) is 2.20. The number of phenols is 1. The van der Waals surface area contributed by atoms with Crippen molar-refractivity contribution in [1.29, 1.82) is 0 Å². The van der Waals surface area contributed by atoms with E-state index in [1.165, 1.54) is 24.6 Å². The maximum atomic E-state index is 12.1. The number of nitrogens with zero attached hydrogens (tertiary/aromatic N) is 1. The zero-order valence-corrected chi connectivity index (χ0v) is 11.7. The van der Waals surface area contributed by atoms with E-state index in [2.05, 4.69) is 10.2 Å². The Balaban J connectivity index is 1.70. The molecule has 0 atom stereocenters. The average molecular weight is 282 g/mol. The first-order valence-corrected chi connectivity index (χ1v) is 7.18. The molecule has 1 saturated heterocycles. The van der Waals surface area contributed by atoms with E-state index < -0.39 is 0 Å². The van der Waals surface area contributed by atoms with Crippen LogP contribution in [0.5, 0.6) is 5.75 Å². The lowest BCUT2D eigenvalue weighted by atomic mass is 10.2. The number of aromatic hydroxyl groups is 1. The topological polar surface area (TPSA) is 52.6 Å². The Morgan fingerprint density at radius 2 is 1.67 bits per heavy atom. The number of carbonyl (C=O) groups excluding carboxylic acids is 1. The number of nitrogens with one attached hydrogen (secondary N) is 1. The molecule has 1 aliphatic rings. The van der Waals surface area contributed by atoms with Gasteiger partial charge in [-0.2, -0.15) is 0 Å². The quantitative estimate of drug-likeness (QED) is 0.908. The van der Waals surface area contributed by atoms with Crippen LogP contribution >= 0.6 is 0 Å². The van der Waals surface area contributed by atoms with Gasteiger partial charge in [-0.15, -0.1) is 0 Å². The van der Waals surface area contributed by atoms with E-state index in [9.17, 15) is 9.90 Å². The van der Waals surface area contributed by atoms with Gasteiger partial charge >= 0.3 is 0 Å². The zero-order chi connectivity index (χ0) is 14.7. The molecule has 3 rings (SSSR count). The first-order chi connectivity index (χ1) is 10.2. The van der Waals surface area contributed by atoms with E-state index >= 15 is 0 Å². The van der Waals surface area contributed by atoms with Gasteiger partial charge in [0.05, 0.1) is 5.56 Å². The molecule has 1 fully saturated rings. The molecule has 0 radical (unpaired) electrons. The summed E-state index contributed by atoms with van der Waals surface area (Å²) in [6.07, 6.45) is 2.48. The second-order valence-electron chi connectivity index (χ2n) is 5.21. The first kappa shape index (κ1) is 13.5. The maximum Gasteiger partial charge on any atom is 0.259 e. The predicted octanol–water partition coefficient (Wildman–Crippen LogP) is 3.24. The molecule has 2 aromatic rings. The molecule has 0 bridgehead atoms. The first-order valence-electron chi connectivity index (χ1n) is 7.18. The monoisotopic (exact) mass is 282 g/mol. The second-order valence-corrected chi connectivity index (χ2v) is 5.21. The summed E-state index contributed by atoms with van der Waals surface area (Å²) < 4.78 is 0. The van der Waals surface area contributed by atoms with E-state index in [4.69, 9.17) is 0 Å². The van der Waals surface area contributed by atoms with Crippen molar-refractivity contribution in [2.75, 3.05) is 23.3 Å². The van der Waals surface area contributed by atoms with Crippen LogP contribution in [0, 0.1) is 0 Å². The normalized spacial score (nSPS) is 14.2. The minimum absolute atomic E-state index is 0.0105. The zero-order valence-electron chi connectivity index (χ0n) is 11.7. The molecule has 0 spiro atoms. The van der Waals surface area contributed by atoms with Crippen LogP contribution in [0.1, 0.15) is 23.2 Å². The summed E-state index contributed by atoms with van der Waals surface area (Å²) in [5, 5.41) is 12.5. The molecule has 0 saturated carbocycles. The van der Waals surface area contributed by atoms with Crippen molar-refractivity contribution < 1.29 is 9.90 Å². The van der Waals surface area contributed by atoms with Crippen molar-refractivity contribution in [1.82, 2.24) is 0 Å². The van der Waals surface area contributed by atoms with Gasteiger partial charge in [-0.05, 0) is 49.2 Å². The Morgan fingerprint density at radius 3 is 2.33 bits per heavy atom. The number of benzene rings is 2. The van der Waals surface area contributed by atoms with Crippen LogP contribution in [-0.4, -0.2) is 24.1 Å². The molecular weight excluding hydrogens is 264 g/mol. The molecule has 4 heteroatoms. The third-order valence-electron chi connectivity index (χ3n) is 3.75. The summed E-state index contributed by atoms with van der Waals surface area (Å²) in [5.41, 5.74) is 2.19. The number of rotatable bonds is 3. The van der Waals surface area contributed by atoms with Crippen LogP contribution in [-0.2, 0) is 0 Å². The lowest BCUT2D eigenvalue weighted by Crippen LogP contribution is -2.17. The number of hydrogen-bond donors (Lipinski definition) is 2. The minimum atomic E-state index is -0.304. The van der Waals surface area contributed by atoms with Crippen molar-refractivity contribution in [3.63, 3.8) is 0 Å². The third-order valence-corrected chi connectivity index (χ3v) is 3.75. The molecule has 21 heavy (non-hydrogen) atoms. The van der Waals surface area contributed by atoms with Crippen molar-refractivity contribution >= 4 is 17.3 Å². The van der Waals surface area contributed by atoms with Gasteiger partial charge in [0.15, 0.2) is 0 Å². The van der Waals surface area contributed by atoms with Crippen LogP contribution in [0.3, 0.4) is 0 Å². The Kier molecular flexibility index (Phi) is 3.77. The van der Waals surface area contributed by atoms with Crippen LogP contribution in [0.15, 0.2) is 48.5 Å². The number of hydrogen-bond acceptors (Lipinski definition) is 3. The molecule has 0 aliphatic carbocycles. The number of para-hydroxylation sites is 1. The summed E-state index contributed by atoms with van der Waals surface area (Å²) in [4.78, 5) is 14.4. The molecule has 4 nitrogen and oxygen atoms in total. The van der Waals surface area contributed by atoms with E-state index in [-0.39, 0.29) is 17.2 Å². The number of anilines is 2. The Hall–Kier alpha value is -2.49. The highest BCUT2D eigenvalue weighted by Gasteiger charge is 2.13. The van der Waals surface area contributed by atoms with Crippen molar-refractivity contribution in [2.24, 2.45) is 0 Å². The number of amides is 1. The predicted molar refractivity (Wildman–Crippen MR) is 83.9 cm³/mol. The van der Waals surface area contributed by atoms with E-state index in [1.54, 1.807) is 18.2 Å². The third kappa shape index (κ3) is 2.99. The average Bonchev–Trinajstić information content (AvgIpc) is 3.02. The fourth-order valence-corrected chi connectivity index (χ4v) is 2.59. The molecule has 2 N–H and O–H groups in total. The molecule has 1 aliphatic heterocycles. The second kappa shape index (κ2) is 5.87. The highest BCUT2D eigenvalue weighted by atomic mass is 16.3. The van der Waals surface area contributed by atoms with E-state index in [1.807, 2.05) is 24.3 Å². The Morgan fingerprint density at radius 1 is 1.00 bits per heavy atom. The summed E-state index contributed by atoms with van der Waals surface area (Å²) >= 11 is 0. The SMILES string of the molecule is O=C(Nc1ccc(N2CCCC2)cc1)c1ccccc1O. The summed E-state index contributed by atoms with van der Waals surface area (Å²) in [5.74, 6) is -0.314. The lowest BCUT2D eigenvalue weighted by molar-refractivity contribution is 0.102. The van der Waals surface area contributed by atoms with Gasteiger partial charge in [-0.3, -0.25) is 4.79 Å². The van der Waals surface area contributed by atoms with Crippen molar-refractivity contribution in [3.05, 3.63) is 54.1 Å². The highest BCUT2D eigenvalue weighted by molar-refractivity contribution is 6.06. The fraction of sp³-hybridized carbons (Fsp3) is 0.235. The smallest absolute Gasteiger partial charge is 0.259 e. The van der Waals surface area contributed by atoms with Gasteiger partial charge in [0, 0.05) is 24.5 Å². The fourth-order valence-electron chi connectivity index (χ4n) is 2.59. The largest absolute Gasteiger partial charge is 0.507 e. The molecule has 1 heterocycles.